The number of halogens is 4. The average molecular weight is 272 g/mol. The molecular formula is C13H8F4S. The molecule has 0 aliphatic heterocycles. The molecule has 0 nitrogen and oxygen atoms in total. The molecule has 0 amide bonds. The van der Waals surface area contributed by atoms with Crippen LogP contribution in [0.15, 0.2) is 58.3 Å². The number of rotatable bonds is 2. The Labute approximate surface area is 106 Å². The van der Waals surface area contributed by atoms with Crippen molar-refractivity contribution in [3.05, 3.63) is 59.9 Å². The van der Waals surface area contributed by atoms with Crippen molar-refractivity contribution < 1.29 is 17.6 Å². The zero-order valence-electron chi connectivity index (χ0n) is 9.04. The van der Waals surface area contributed by atoms with Crippen LogP contribution in [0.4, 0.5) is 17.6 Å². The summed E-state index contributed by atoms with van der Waals surface area (Å²) in [6, 6.07) is 10.7. The van der Waals surface area contributed by atoms with Gasteiger partial charge in [0.15, 0.2) is 0 Å². The molecule has 0 heterocycles. The maximum absolute atomic E-state index is 12.9. The van der Waals surface area contributed by atoms with Crippen LogP contribution in [0.2, 0.25) is 0 Å². The minimum atomic E-state index is -4.33. The Bertz CT molecular complexity index is 531. The summed E-state index contributed by atoms with van der Waals surface area (Å²) < 4.78 is 50.0. The van der Waals surface area contributed by atoms with Crippen LogP contribution < -0.4 is 0 Å². The fourth-order valence-electron chi connectivity index (χ4n) is 1.38. The highest BCUT2D eigenvalue weighted by atomic mass is 32.2. The molecule has 18 heavy (non-hydrogen) atoms. The van der Waals surface area contributed by atoms with Gasteiger partial charge in [0.25, 0.3) is 0 Å². The van der Waals surface area contributed by atoms with Gasteiger partial charge < -0.3 is 0 Å². The summed E-state index contributed by atoms with van der Waals surface area (Å²) in [4.78, 5) is 1.28. The minimum Gasteiger partial charge on any atom is -0.207 e. The summed E-state index contributed by atoms with van der Waals surface area (Å²) >= 11 is 1.21. The second kappa shape index (κ2) is 5.02. The molecule has 5 heteroatoms. The van der Waals surface area contributed by atoms with E-state index in [4.69, 9.17) is 0 Å². The summed E-state index contributed by atoms with van der Waals surface area (Å²) in [6.45, 7) is 0. The Morgan fingerprint density at radius 1 is 0.833 bits per heavy atom. The third-order valence-corrected chi connectivity index (χ3v) is 3.21. The Hall–Kier alpha value is -1.49. The highest BCUT2D eigenvalue weighted by Gasteiger charge is 2.29. The van der Waals surface area contributed by atoms with Crippen LogP contribution in [0, 0.1) is 5.82 Å². The van der Waals surface area contributed by atoms with Gasteiger partial charge >= 0.3 is 6.18 Å². The molecule has 2 aromatic rings. The first-order chi connectivity index (χ1) is 8.45. The number of benzene rings is 2. The summed E-state index contributed by atoms with van der Waals surface area (Å²) in [6.07, 6.45) is -4.33. The zero-order valence-corrected chi connectivity index (χ0v) is 9.86. The lowest BCUT2D eigenvalue weighted by Crippen LogP contribution is -2.03. The van der Waals surface area contributed by atoms with Crippen LogP contribution in [-0.2, 0) is 6.18 Å². The van der Waals surface area contributed by atoms with Crippen molar-refractivity contribution >= 4 is 11.8 Å². The molecule has 0 unspecified atom stereocenters. The summed E-state index contributed by atoms with van der Waals surface area (Å²) in [5.74, 6) is -0.369. The van der Waals surface area contributed by atoms with Crippen LogP contribution in [0.5, 0.6) is 0 Å². The maximum atomic E-state index is 12.9. The van der Waals surface area contributed by atoms with Crippen molar-refractivity contribution in [2.24, 2.45) is 0 Å². The van der Waals surface area contributed by atoms with Crippen molar-refractivity contribution in [1.29, 1.82) is 0 Å². The van der Waals surface area contributed by atoms with Gasteiger partial charge in [-0.3, -0.25) is 0 Å². The van der Waals surface area contributed by atoms with E-state index in [1.54, 1.807) is 12.1 Å². The number of alkyl halides is 3. The molecule has 0 spiro atoms. The monoisotopic (exact) mass is 272 g/mol. The van der Waals surface area contributed by atoms with Gasteiger partial charge in [0, 0.05) is 9.79 Å². The van der Waals surface area contributed by atoms with Gasteiger partial charge in [0.05, 0.1) is 5.56 Å². The van der Waals surface area contributed by atoms with E-state index in [2.05, 4.69) is 0 Å². The van der Waals surface area contributed by atoms with Crippen LogP contribution in [0.1, 0.15) is 5.56 Å². The van der Waals surface area contributed by atoms with Crippen molar-refractivity contribution in [2.45, 2.75) is 16.0 Å². The fourth-order valence-corrected chi connectivity index (χ4v) is 2.24. The quantitative estimate of drug-likeness (QED) is 0.693. The lowest BCUT2D eigenvalue weighted by atomic mass is 10.2. The normalized spacial score (nSPS) is 11.6. The van der Waals surface area contributed by atoms with E-state index >= 15 is 0 Å². The zero-order chi connectivity index (χ0) is 13.2. The predicted octanol–water partition coefficient (Wildman–Crippen LogP) is 5.00. The summed E-state index contributed by atoms with van der Waals surface area (Å²) in [5.41, 5.74) is -0.689. The first kappa shape index (κ1) is 13.0. The lowest BCUT2D eigenvalue weighted by molar-refractivity contribution is -0.137. The average Bonchev–Trinajstić information content (AvgIpc) is 2.28. The molecule has 0 aliphatic carbocycles. The second-order valence-corrected chi connectivity index (χ2v) is 4.73. The first-order valence-electron chi connectivity index (χ1n) is 5.06. The second-order valence-electron chi connectivity index (χ2n) is 3.58. The van der Waals surface area contributed by atoms with Crippen molar-refractivity contribution in [3.63, 3.8) is 0 Å². The fraction of sp³-hybridized carbons (Fsp3) is 0.0769. The maximum Gasteiger partial charge on any atom is 0.416 e. The molecule has 0 atom stereocenters. The van der Waals surface area contributed by atoms with E-state index in [0.29, 0.717) is 9.79 Å². The largest absolute Gasteiger partial charge is 0.416 e. The first-order valence-corrected chi connectivity index (χ1v) is 5.87. The van der Waals surface area contributed by atoms with E-state index < -0.39 is 11.7 Å². The van der Waals surface area contributed by atoms with Gasteiger partial charge in [-0.05, 0) is 42.5 Å². The topological polar surface area (TPSA) is 0 Å². The molecule has 0 aromatic heterocycles. The standard InChI is InChI=1S/C13H8F4S/c14-10-2-1-3-12(8-10)18-11-6-4-9(5-7-11)13(15,16)17/h1-8H. The molecule has 0 fully saturated rings. The lowest BCUT2D eigenvalue weighted by Gasteiger charge is -2.07. The SMILES string of the molecule is Fc1cccc(Sc2ccc(C(F)(F)F)cc2)c1. The van der Waals surface area contributed by atoms with Crippen molar-refractivity contribution in [2.75, 3.05) is 0 Å². The molecule has 2 aromatic carbocycles. The molecule has 2 rings (SSSR count). The molecule has 0 saturated carbocycles. The Balaban J connectivity index is 2.16. The van der Waals surface area contributed by atoms with E-state index in [-0.39, 0.29) is 5.82 Å². The molecule has 0 saturated heterocycles. The van der Waals surface area contributed by atoms with Gasteiger partial charge in [0.1, 0.15) is 5.82 Å². The van der Waals surface area contributed by atoms with E-state index in [1.807, 2.05) is 0 Å². The van der Waals surface area contributed by atoms with E-state index in [9.17, 15) is 17.6 Å². The van der Waals surface area contributed by atoms with Crippen LogP contribution in [0.3, 0.4) is 0 Å². The van der Waals surface area contributed by atoms with Gasteiger partial charge in [0.2, 0.25) is 0 Å². The van der Waals surface area contributed by atoms with Crippen LogP contribution in [-0.4, -0.2) is 0 Å². The van der Waals surface area contributed by atoms with Crippen LogP contribution >= 0.6 is 11.8 Å². The van der Waals surface area contributed by atoms with Crippen LogP contribution in [0.25, 0.3) is 0 Å². The van der Waals surface area contributed by atoms with E-state index in [1.165, 1.54) is 36.0 Å². The Morgan fingerprint density at radius 3 is 2.06 bits per heavy atom. The molecule has 0 aliphatic rings. The predicted molar refractivity (Wildman–Crippen MR) is 62.0 cm³/mol. The Morgan fingerprint density at radius 2 is 1.50 bits per heavy atom. The smallest absolute Gasteiger partial charge is 0.207 e. The molecule has 94 valence electrons. The molecule has 0 N–H and O–H groups in total. The van der Waals surface area contributed by atoms with Crippen molar-refractivity contribution in [3.8, 4) is 0 Å². The van der Waals surface area contributed by atoms with Gasteiger partial charge in [-0.25, -0.2) is 4.39 Å². The summed E-state index contributed by atoms with van der Waals surface area (Å²) in [5, 5.41) is 0. The highest BCUT2D eigenvalue weighted by molar-refractivity contribution is 7.99. The highest BCUT2D eigenvalue weighted by Crippen LogP contribution is 2.33. The third-order valence-electron chi connectivity index (χ3n) is 2.21. The molecular weight excluding hydrogens is 264 g/mol. The summed E-state index contributed by atoms with van der Waals surface area (Å²) in [7, 11) is 0. The number of hydrogen-bond donors (Lipinski definition) is 0. The van der Waals surface area contributed by atoms with Gasteiger partial charge in [-0.2, -0.15) is 13.2 Å². The van der Waals surface area contributed by atoms with Gasteiger partial charge in [-0.1, -0.05) is 17.8 Å². The van der Waals surface area contributed by atoms with Gasteiger partial charge in [-0.15, -0.1) is 0 Å². The Kier molecular flexibility index (Phi) is 3.61. The van der Waals surface area contributed by atoms with E-state index in [0.717, 1.165) is 12.1 Å². The molecule has 0 radical (unpaired) electrons. The molecule has 0 bridgehead atoms. The third kappa shape index (κ3) is 3.26. The minimum absolute atomic E-state index is 0.369. The van der Waals surface area contributed by atoms with Crippen molar-refractivity contribution in [1.82, 2.24) is 0 Å². The number of hydrogen-bond acceptors (Lipinski definition) is 1.